The fourth-order valence-electron chi connectivity index (χ4n) is 3.21. The third-order valence-corrected chi connectivity index (χ3v) is 7.15. The van der Waals surface area contributed by atoms with Gasteiger partial charge in [0.1, 0.15) is 6.04 Å². The Balaban J connectivity index is 1.86. The summed E-state index contributed by atoms with van der Waals surface area (Å²) in [5, 5.41) is 3.76. The van der Waals surface area contributed by atoms with E-state index in [4.69, 9.17) is 0 Å². The van der Waals surface area contributed by atoms with Gasteiger partial charge in [-0.25, -0.2) is 13.4 Å². The number of aryl methyl sites for hydroxylation is 3. The van der Waals surface area contributed by atoms with Crippen molar-refractivity contribution < 1.29 is 13.2 Å². The standard InChI is InChI=1S/C22H27N3O3S2/c1-13(2)10-20(22(26)24-19-11-14(3)6-7-15(19)4)25-30(27,28)17-8-9-18-21(12-17)29-16(5)23-18/h6-9,11-13,20,25H,10H2,1-5H3,(H,24,26). The van der Waals surface area contributed by atoms with Crippen LogP contribution in [0.5, 0.6) is 0 Å². The van der Waals surface area contributed by atoms with Crippen LogP contribution < -0.4 is 10.0 Å². The minimum Gasteiger partial charge on any atom is -0.324 e. The number of nitrogens with one attached hydrogen (secondary N) is 2. The zero-order chi connectivity index (χ0) is 22.1. The van der Waals surface area contributed by atoms with E-state index in [0.29, 0.717) is 12.1 Å². The Kier molecular flexibility index (Phi) is 6.59. The van der Waals surface area contributed by atoms with Crippen LogP contribution in [0.1, 0.15) is 36.4 Å². The van der Waals surface area contributed by atoms with E-state index in [-0.39, 0.29) is 16.7 Å². The molecular weight excluding hydrogens is 418 g/mol. The number of nitrogens with zero attached hydrogens (tertiary/aromatic N) is 1. The van der Waals surface area contributed by atoms with Crippen molar-refractivity contribution in [2.45, 2.75) is 52.0 Å². The van der Waals surface area contributed by atoms with Crippen LogP contribution in [0.25, 0.3) is 10.2 Å². The number of aromatic nitrogens is 1. The van der Waals surface area contributed by atoms with Crippen molar-refractivity contribution in [2.75, 3.05) is 5.32 Å². The van der Waals surface area contributed by atoms with Crippen LogP contribution in [0.2, 0.25) is 0 Å². The summed E-state index contributed by atoms with van der Waals surface area (Å²) in [6.45, 7) is 9.65. The molecule has 0 aliphatic heterocycles. The number of hydrogen-bond donors (Lipinski definition) is 2. The monoisotopic (exact) mass is 445 g/mol. The Morgan fingerprint density at radius 3 is 2.53 bits per heavy atom. The molecule has 8 heteroatoms. The molecule has 0 saturated carbocycles. The fraction of sp³-hybridized carbons (Fsp3) is 0.364. The maximum atomic E-state index is 13.0. The molecule has 6 nitrogen and oxygen atoms in total. The lowest BCUT2D eigenvalue weighted by Crippen LogP contribution is -2.44. The minimum absolute atomic E-state index is 0.131. The third-order valence-electron chi connectivity index (χ3n) is 4.75. The van der Waals surface area contributed by atoms with Crippen LogP contribution in [0.4, 0.5) is 5.69 Å². The second-order valence-electron chi connectivity index (χ2n) is 7.97. The molecule has 1 heterocycles. The van der Waals surface area contributed by atoms with Gasteiger partial charge in [0, 0.05) is 5.69 Å². The normalized spacial score (nSPS) is 13.0. The van der Waals surface area contributed by atoms with E-state index in [0.717, 1.165) is 26.4 Å². The highest BCUT2D eigenvalue weighted by Gasteiger charge is 2.27. The molecule has 3 aromatic rings. The van der Waals surface area contributed by atoms with Gasteiger partial charge in [0.15, 0.2) is 0 Å². The van der Waals surface area contributed by atoms with E-state index in [1.807, 2.05) is 52.8 Å². The Morgan fingerprint density at radius 1 is 1.10 bits per heavy atom. The molecule has 0 fully saturated rings. The molecule has 3 rings (SSSR count). The second-order valence-corrected chi connectivity index (χ2v) is 10.9. The van der Waals surface area contributed by atoms with E-state index >= 15 is 0 Å². The quantitative estimate of drug-likeness (QED) is 0.558. The number of carbonyl (C=O) groups is 1. The van der Waals surface area contributed by atoms with Crippen molar-refractivity contribution in [1.82, 2.24) is 9.71 Å². The number of carbonyl (C=O) groups excluding carboxylic acids is 1. The van der Waals surface area contributed by atoms with E-state index < -0.39 is 16.1 Å². The highest BCUT2D eigenvalue weighted by molar-refractivity contribution is 7.89. The van der Waals surface area contributed by atoms with E-state index in [1.54, 1.807) is 12.1 Å². The first-order valence-electron chi connectivity index (χ1n) is 9.83. The summed E-state index contributed by atoms with van der Waals surface area (Å²) >= 11 is 1.44. The van der Waals surface area contributed by atoms with Crippen molar-refractivity contribution in [2.24, 2.45) is 5.92 Å². The Morgan fingerprint density at radius 2 is 1.83 bits per heavy atom. The van der Waals surface area contributed by atoms with Gasteiger partial charge in [-0.2, -0.15) is 4.72 Å². The molecule has 160 valence electrons. The van der Waals surface area contributed by atoms with Crippen LogP contribution in [0.15, 0.2) is 41.3 Å². The molecule has 0 saturated heterocycles. The Hall–Kier alpha value is -2.29. The number of benzene rings is 2. The van der Waals surface area contributed by atoms with Crippen molar-refractivity contribution in [3.8, 4) is 0 Å². The number of fused-ring (bicyclic) bond motifs is 1. The molecule has 0 aliphatic rings. The smallest absolute Gasteiger partial charge is 0.242 e. The average molecular weight is 446 g/mol. The second kappa shape index (κ2) is 8.83. The first-order chi connectivity index (χ1) is 14.0. The Labute approximate surface area is 181 Å². The van der Waals surface area contributed by atoms with Crippen molar-refractivity contribution in [3.05, 3.63) is 52.5 Å². The average Bonchev–Trinajstić information content (AvgIpc) is 3.02. The molecule has 1 atom stereocenters. The number of rotatable bonds is 7. The molecule has 0 radical (unpaired) electrons. The molecule has 0 spiro atoms. The molecular formula is C22H27N3O3S2. The largest absolute Gasteiger partial charge is 0.324 e. The number of anilines is 1. The topological polar surface area (TPSA) is 88.2 Å². The molecule has 2 N–H and O–H groups in total. The van der Waals surface area contributed by atoms with Crippen LogP contribution in [0.3, 0.4) is 0 Å². The summed E-state index contributed by atoms with van der Waals surface area (Å²) in [5.41, 5.74) is 3.40. The summed E-state index contributed by atoms with van der Waals surface area (Å²) in [4.78, 5) is 17.5. The lowest BCUT2D eigenvalue weighted by atomic mass is 10.0. The predicted octanol–water partition coefficient (Wildman–Crippen LogP) is 4.55. The summed E-state index contributed by atoms with van der Waals surface area (Å²) in [6.07, 6.45) is 0.387. The maximum Gasteiger partial charge on any atom is 0.242 e. The Bertz CT molecular complexity index is 1180. The van der Waals surface area contributed by atoms with Gasteiger partial charge < -0.3 is 5.32 Å². The van der Waals surface area contributed by atoms with Gasteiger partial charge in [0.2, 0.25) is 15.9 Å². The number of amides is 1. The first kappa shape index (κ1) is 22.4. The zero-order valence-electron chi connectivity index (χ0n) is 17.8. The SMILES string of the molecule is Cc1ccc(C)c(NC(=O)C(CC(C)C)NS(=O)(=O)c2ccc3nc(C)sc3c2)c1. The number of sulfonamides is 1. The van der Waals surface area contributed by atoms with Gasteiger partial charge in [0.05, 0.1) is 20.1 Å². The molecule has 1 amide bonds. The van der Waals surface area contributed by atoms with Gasteiger partial charge in [-0.15, -0.1) is 11.3 Å². The third kappa shape index (κ3) is 5.24. The van der Waals surface area contributed by atoms with E-state index in [2.05, 4.69) is 15.0 Å². The first-order valence-corrected chi connectivity index (χ1v) is 12.1. The van der Waals surface area contributed by atoms with Crippen LogP contribution in [0, 0.1) is 26.7 Å². The van der Waals surface area contributed by atoms with Gasteiger partial charge in [-0.1, -0.05) is 26.0 Å². The summed E-state index contributed by atoms with van der Waals surface area (Å²) in [7, 11) is -3.87. The van der Waals surface area contributed by atoms with Crippen molar-refractivity contribution in [3.63, 3.8) is 0 Å². The lowest BCUT2D eigenvalue weighted by molar-refractivity contribution is -0.118. The van der Waals surface area contributed by atoms with Crippen molar-refractivity contribution >= 4 is 43.2 Å². The molecule has 0 bridgehead atoms. The van der Waals surface area contributed by atoms with Gasteiger partial charge >= 0.3 is 0 Å². The lowest BCUT2D eigenvalue weighted by Gasteiger charge is -2.21. The fourth-order valence-corrected chi connectivity index (χ4v) is 5.39. The zero-order valence-corrected chi connectivity index (χ0v) is 19.4. The van der Waals surface area contributed by atoms with Crippen LogP contribution in [-0.2, 0) is 14.8 Å². The summed E-state index contributed by atoms with van der Waals surface area (Å²) in [5.74, 6) is -0.232. The summed E-state index contributed by atoms with van der Waals surface area (Å²) < 4.78 is 29.5. The molecule has 1 unspecified atom stereocenters. The molecule has 0 aliphatic carbocycles. The van der Waals surface area contributed by atoms with Gasteiger partial charge in [-0.3, -0.25) is 4.79 Å². The number of thiazole rings is 1. The number of hydrogen-bond acceptors (Lipinski definition) is 5. The summed E-state index contributed by atoms with van der Waals surface area (Å²) in [6, 6.07) is 9.73. The van der Waals surface area contributed by atoms with E-state index in [9.17, 15) is 13.2 Å². The molecule has 2 aromatic carbocycles. The van der Waals surface area contributed by atoms with Crippen LogP contribution >= 0.6 is 11.3 Å². The highest BCUT2D eigenvalue weighted by Crippen LogP contribution is 2.25. The molecule has 30 heavy (non-hydrogen) atoms. The maximum absolute atomic E-state index is 13.0. The van der Waals surface area contributed by atoms with Gasteiger partial charge in [-0.05, 0) is 68.5 Å². The van der Waals surface area contributed by atoms with Gasteiger partial charge in [0.25, 0.3) is 0 Å². The minimum atomic E-state index is -3.87. The van der Waals surface area contributed by atoms with Crippen LogP contribution in [-0.4, -0.2) is 25.4 Å². The molecule has 1 aromatic heterocycles. The van der Waals surface area contributed by atoms with Crippen molar-refractivity contribution in [1.29, 1.82) is 0 Å². The highest BCUT2D eigenvalue weighted by atomic mass is 32.2. The predicted molar refractivity (Wildman–Crippen MR) is 122 cm³/mol. The van der Waals surface area contributed by atoms with E-state index in [1.165, 1.54) is 17.4 Å².